The number of unbranched alkanes of at least 4 members (excludes halogenated alkanes) is 27. The Kier molecular flexibility index (Phi) is 52.1. The lowest BCUT2D eigenvalue weighted by molar-refractivity contribution is -0.135. The Morgan fingerprint density at radius 3 is 0.940 bits per heavy atom. The van der Waals surface area contributed by atoms with Crippen LogP contribution in [0, 0.1) is 0 Å². The van der Waals surface area contributed by atoms with E-state index in [1.165, 1.54) is 122 Å². The highest BCUT2D eigenvalue weighted by Crippen LogP contribution is 2.16. The third-order valence-corrected chi connectivity index (χ3v) is 15.3. The van der Waals surface area contributed by atoms with Crippen molar-refractivity contribution in [1.82, 2.24) is 31.9 Å². The summed E-state index contributed by atoms with van der Waals surface area (Å²) >= 11 is 0. The third kappa shape index (κ3) is 47.0. The van der Waals surface area contributed by atoms with Gasteiger partial charge in [0.15, 0.2) is 11.9 Å². The molecule has 0 saturated heterocycles. The maximum Gasteiger partial charge on any atom is 0.243 e. The summed E-state index contributed by atoms with van der Waals surface area (Å²) in [7, 11) is 0. The molecule has 0 aliphatic rings. The normalized spacial score (nSPS) is 12.9. The first-order valence-electron chi connectivity index (χ1n) is 33.2. The molecular formula is C62H123N15O7. The molecule has 0 bridgehead atoms. The standard InChI is InChI=1S/C62H123N15O7/c1-3-5-7-9-11-13-15-17-19-21-23-25-27-42-54(78)70-46-34-31-39-50(73-55(79)43-28-26-24-22-20-18-16-14-12-10-8-6-4-2)57(81)75-52(38-30-33-45-64)59(83)77-53(41-36-48-72-62(68)69)60(84)76-51(37-29-32-44-63)58(82)74-49(56(65)80)40-35-47-71-61(66)67/h49-53H,3-48,63-64H2,1-2H3,(H2,65,80)(H,70,78)(H,73,79)(H,74,82)(H,75,81)(H,76,84)(H,77,83)(H4,66,67,71)(H4,68,69,72). The van der Waals surface area contributed by atoms with Crippen LogP contribution < -0.4 is 72.0 Å². The van der Waals surface area contributed by atoms with E-state index in [0.717, 1.165) is 38.5 Å². The predicted molar refractivity (Wildman–Crippen MR) is 342 cm³/mol. The number of amides is 7. The van der Waals surface area contributed by atoms with Gasteiger partial charge in [-0.3, -0.25) is 43.5 Å². The van der Waals surface area contributed by atoms with Crippen molar-refractivity contribution in [2.24, 2.45) is 50.1 Å². The number of hydrogen-bond acceptors (Lipinski definition) is 11. The Morgan fingerprint density at radius 2 is 0.607 bits per heavy atom. The number of nitrogens with zero attached hydrogens (tertiary/aromatic N) is 2. The lowest BCUT2D eigenvalue weighted by Crippen LogP contribution is -2.59. The molecule has 84 heavy (non-hydrogen) atoms. The van der Waals surface area contributed by atoms with Crippen LogP contribution in [0.25, 0.3) is 0 Å². The summed E-state index contributed by atoms with van der Waals surface area (Å²) in [5, 5.41) is 17.1. The highest BCUT2D eigenvalue weighted by molar-refractivity contribution is 5.96. The van der Waals surface area contributed by atoms with Crippen LogP contribution in [-0.4, -0.2) is 116 Å². The molecule has 20 N–H and O–H groups in total. The van der Waals surface area contributed by atoms with Gasteiger partial charge in [0.1, 0.15) is 30.2 Å². The second-order valence-electron chi connectivity index (χ2n) is 23.1. The first-order valence-corrected chi connectivity index (χ1v) is 33.2. The van der Waals surface area contributed by atoms with Crippen molar-refractivity contribution >= 4 is 53.3 Å². The zero-order valence-electron chi connectivity index (χ0n) is 52.7. The van der Waals surface area contributed by atoms with Gasteiger partial charge in [0, 0.05) is 32.5 Å². The Labute approximate surface area is 507 Å². The summed E-state index contributed by atoms with van der Waals surface area (Å²) in [5.74, 6) is -3.91. The lowest BCUT2D eigenvalue weighted by atomic mass is 10.0. The number of nitrogens with two attached hydrogens (primary N) is 7. The molecule has 22 nitrogen and oxygen atoms in total. The number of guanidine groups is 2. The summed E-state index contributed by atoms with van der Waals surface area (Å²) in [4.78, 5) is 103. The predicted octanol–water partition coefficient (Wildman–Crippen LogP) is 6.51. The molecule has 0 rings (SSSR count). The molecular weight excluding hydrogens is 1070 g/mol. The van der Waals surface area contributed by atoms with Crippen molar-refractivity contribution in [3.63, 3.8) is 0 Å². The van der Waals surface area contributed by atoms with E-state index in [1.807, 2.05) is 0 Å². The van der Waals surface area contributed by atoms with Gasteiger partial charge in [-0.05, 0) is 109 Å². The summed E-state index contributed by atoms with van der Waals surface area (Å²) in [6.07, 6.45) is 36.4. The van der Waals surface area contributed by atoms with Crippen LogP contribution in [0.3, 0.4) is 0 Å². The minimum Gasteiger partial charge on any atom is -0.370 e. The molecule has 488 valence electrons. The Hall–Kier alpha value is -5.25. The maximum atomic E-state index is 14.4. The minimum absolute atomic E-state index is 0.00226. The summed E-state index contributed by atoms with van der Waals surface area (Å²) < 4.78 is 0. The van der Waals surface area contributed by atoms with Crippen LogP contribution in [0.2, 0.25) is 0 Å². The quantitative estimate of drug-likeness (QED) is 0.0176. The summed E-state index contributed by atoms with van der Waals surface area (Å²) in [5.41, 5.74) is 39.3. The zero-order valence-corrected chi connectivity index (χ0v) is 52.7. The molecule has 0 aromatic heterocycles. The van der Waals surface area contributed by atoms with E-state index in [-0.39, 0.29) is 81.8 Å². The number of hydrogen-bond donors (Lipinski definition) is 13. The van der Waals surface area contributed by atoms with Gasteiger partial charge in [0.05, 0.1) is 0 Å². The monoisotopic (exact) mass is 1190 g/mol. The fourth-order valence-corrected chi connectivity index (χ4v) is 10.1. The van der Waals surface area contributed by atoms with E-state index >= 15 is 0 Å². The molecule has 0 spiro atoms. The van der Waals surface area contributed by atoms with E-state index in [0.29, 0.717) is 77.4 Å². The Balaban J connectivity index is 6.10. The topological polar surface area (TPSA) is 399 Å². The summed E-state index contributed by atoms with van der Waals surface area (Å²) in [6, 6.07) is -5.59. The minimum atomic E-state index is -1.23. The van der Waals surface area contributed by atoms with Crippen molar-refractivity contribution in [1.29, 1.82) is 0 Å². The average Bonchev–Trinajstić information content (AvgIpc) is 3.52. The molecule has 5 atom stereocenters. The number of carbonyl (C=O) groups is 7. The molecule has 0 aliphatic carbocycles. The molecule has 0 aromatic rings. The SMILES string of the molecule is CCCCCCCCCCCCCCCC(=O)NCCCCC(NC(=O)CCCCCCCCCCCCCCC)C(=O)NC(CCCCN)C(=O)NC(CCCN=C(N)N)C(=O)NC(CCCCN)C(=O)NC(CCCN=C(N)N)C(N)=O. The van der Waals surface area contributed by atoms with E-state index in [4.69, 9.17) is 40.1 Å². The molecule has 22 heteroatoms. The number of nitrogens with one attached hydrogen (secondary N) is 6. The van der Waals surface area contributed by atoms with Crippen molar-refractivity contribution in [2.75, 3.05) is 32.7 Å². The van der Waals surface area contributed by atoms with E-state index < -0.39 is 59.7 Å². The maximum absolute atomic E-state index is 14.4. The summed E-state index contributed by atoms with van der Waals surface area (Å²) in [6.45, 7) is 5.91. The van der Waals surface area contributed by atoms with Gasteiger partial charge in [-0.25, -0.2) is 0 Å². The molecule has 0 radical (unpaired) electrons. The Bertz CT molecular complexity index is 1780. The van der Waals surface area contributed by atoms with Gasteiger partial charge >= 0.3 is 0 Å². The van der Waals surface area contributed by atoms with Crippen LogP contribution in [0.5, 0.6) is 0 Å². The zero-order chi connectivity index (χ0) is 62.3. The van der Waals surface area contributed by atoms with Gasteiger partial charge in [0.25, 0.3) is 0 Å². The van der Waals surface area contributed by atoms with Gasteiger partial charge < -0.3 is 72.0 Å². The van der Waals surface area contributed by atoms with Crippen LogP contribution in [-0.2, 0) is 33.6 Å². The largest absolute Gasteiger partial charge is 0.370 e. The third-order valence-electron chi connectivity index (χ3n) is 15.3. The van der Waals surface area contributed by atoms with Crippen molar-refractivity contribution in [3.8, 4) is 0 Å². The number of primary amides is 1. The van der Waals surface area contributed by atoms with Gasteiger partial charge in [-0.15, -0.1) is 0 Å². The molecule has 0 heterocycles. The average molecular weight is 1190 g/mol. The van der Waals surface area contributed by atoms with Crippen LogP contribution in [0.15, 0.2) is 9.98 Å². The second-order valence-corrected chi connectivity index (χ2v) is 23.1. The van der Waals surface area contributed by atoms with Crippen LogP contribution in [0.1, 0.15) is 277 Å². The molecule has 7 amide bonds. The first-order chi connectivity index (χ1) is 40.6. The van der Waals surface area contributed by atoms with Crippen molar-refractivity contribution < 1.29 is 33.6 Å². The first kappa shape index (κ1) is 78.8. The highest BCUT2D eigenvalue weighted by atomic mass is 16.2. The number of carbonyl (C=O) groups excluding carboxylic acids is 7. The number of rotatable bonds is 59. The molecule has 0 fully saturated rings. The molecule has 0 aliphatic heterocycles. The van der Waals surface area contributed by atoms with Gasteiger partial charge in [-0.2, -0.15) is 0 Å². The van der Waals surface area contributed by atoms with Crippen LogP contribution >= 0.6 is 0 Å². The van der Waals surface area contributed by atoms with E-state index in [9.17, 15) is 33.6 Å². The second kappa shape index (κ2) is 55.6. The van der Waals surface area contributed by atoms with Crippen molar-refractivity contribution in [3.05, 3.63) is 0 Å². The molecule has 5 unspecified atom stereocenters. The van der Waals surface area contributed by atoms with Gasteiger partial charge in [-0.1, -0.05) is 168 Å². The lowest BCUT2D eigenvalue weighted by Gasteiger charge is -2.27. The fourth-order valence-electron chi connectivity index (χ4n) is 10.1. The molecule has 0 saturated carbocycles. The number of aliphatic imine (C=N–C) groups is 2. The van der Waals surface area contributed by atoms with E-state index in [1.54, 1.807) is 0 Å². The molecule has 0 aromatic carbocycles. The smallest absolute Gasteiger partial charge is 0.243 e. The Morgan fingerprint density at radius 1 is 0.321 bits per heavy atom. The fraction of sp³-hybridized carbons (Fsp3) is 0.855. The van der Waals surface area contributed by atoms with Crippen molar-refractivity contribution in [2.45, 2.75) is 307 Å². The highest BCUT2D eigenvalue weighted by Gasteiger charge is 2.32. The van der Waals surface area contributed by atoms with Crippen LogP contribution in [0.4, 0.5) is 0 Å². The van der Waals surface area contributed by atoms with E-state index in [2.05, 4.69) is 55.7 Å². The van der Waals surface area contributed by atoms with Gasteiger partial charge in [0.2, 0.25) is 41.4 Å².